The fourth-order valence-corrected chi connectivity index (χ4v) is 5.15. The molecule has 0 radical (unpaired) electrons. The lowest BCUT2D eigenvalue weighted by atomic mass is 9.99. The van der Waals surface area contributed by atoms with Gasteiger partial charge in [0, 0.05) is 24.5 Å². The number of rotatable bonds is 3. The molecule has 1 atom stereocenters. The molecule has 0 saturated carbocycles. The number of amides is 2. The molecule has 3 heterocycles. The highest BCUT2D eigenvalue weighted by atomic mass is 32.2. The minimum Gasteiger partial charge on any atom is -0.369 e. The molecule has 2 amide bonds. The van der Waals surface area contributed by atoms with Crippen molar-refractivity contribution < 1.29 is 9.00 Å². The number of hydrogen-bond acceptors (Lipinski definition) is 5. The van der Waals surface area contributed by atoms with E-state index in [0.29, 0.717) is 12.4 Å². The largest absolute Gasteiger partial charge is 0.369 e. The Labute approximate surface area is 170 Å². The van der Waals surface area contributed by atoms with E-state index in [-0.39, 0.29) is 10.8 Å². The summed E-state index contributed by atoms with van der Waals surface area (Å²) in [5.74, 6) is 0.806. The summed E-state index contributed by atoms with van der Waals surface area (Å²) in [6.45, 7) is 7.56. The lowest BCUT2D eigenvalue weighted by Gasteiger charge is -2.18. The second kappa shape index (κ2) is 7.42. The van der Waals surface area contributed by atoms with E-state index in [1.165, 1.54) is 6.20 Å². The summed E-state index contributed by atoms with van der Waals surface area (Å²) in [6, 6.07) is -0.716. The van der Waals surface area contributed by atoms with E-state index in [9.17, 15) is 9.00 Å². The number of aromatic nitrogens is 3. The molecule has 10 heteroatoms. The number of nitrogens with zero attached hydrogens (tertiary/aromatic N) is 4. The maximum Gasteiger partial charge on any atom is 0.354 e. The highest BCUT2D eigenvalue weighted by Gasteiger charge is 2.25. The molecule has 0 spiro atoms. The minimum absolute atomic E-state index is 0.234. The second-order valence-electron chi connectivity index (χ2n) is 7.88. The van der Waals surface area contributed by atoms with Crippen LogP contribution in [0.1, 0.15) is 55.1 Å². The summed E-state index contributed by atoms with van der Waals surface area (Å²) in [7, 11) is -3.43. The topological polar surface area (TPSA) is 127 Å². The van der Waals surface area contributed by atoms with Crippen molar-refractivity contribution >= 4 is 27.5 Å². The van der Waals surface area contributed by atoms with Crippen LogP contribution in [0.25, 0.3) is 0 Å². The van der Waals surface area contributed by atoms with Crippen molar-refractivity contribution in [1.82, 2.24) is 14.8 Å². The van der Waals surface area contributed by atoms with Gasteiger partial charge in [-0.3, -0.25) is 4.98 Å². The van der Waals surface area contributed by atoms with Crippen LogP contribution in [0.15, 0.2) is 15.5 Å². The summed E-state index contributed by atoms with van der Waals surface area (Å²) in [4.78, 5) is 17.8. The van der Waals surface area contributed by atoms with Gasteiger partial charge in [0.2, 0.25) is 0 Å². The molecule has 0 bridgehead atoms. The van der Waals surface area contributed by atoms with Crippen molar-refractivity contribution in [2.75, 3.05) is 17.2 Å². The van der Waals surface area contributed by atoms with Crippen molar-refractivity contribution in [3.05, 3.63) is 28.7 Å². The van der Waals surface area contributed by atoms with Crippen molar-refractivity contribution in [2.24, 2.45) is 9.50 Å². The number of hydrogen-bond donors (Lipinski definition) is 3. The van der Waals surface area contributed by atoms with Crippen LogP contribution in [0.4, 0.5) is 16.3 Å². The standard InChI is InChI=1S/C19H27N7O2S/c1-11(2)16-12(3)17(13-6-4-7-14(13)23-16)24-19(27)25-29(20,28)15-10-22-26-9-5-8-21-18(15)26/h10-11,21H,4-9H2,1-3H3,(H3,20,23,24,25,27,28). The quantitative estimate of drug-likeness (QED) is 0.707. The van der Waals surface area contributed by atoms with Crippen molar-refractivity contribution in [3.8, 4) is 0 Å². The molecule has 1 aliphatic carbocycles. The van der Waals surface area contributed by atoms with Gasteiger partial charge in [0.05, 0.1) is 11.9 Å². The normalized spacial score (nSPS) is 17.3. The molecular formula is C19H27N7O2S. The van der Waals surface area contributed by atoms with E-state index in [0.717, 1.165) is 60.4 Å². The Morgan fingerprint density at radius 3 is 2.93 bits per heavy atom. The number of anilines is 2. The lowest BCUT2D eigenvalue weighted by molar-refractivity contribution is 0.260. The number of fused-ring (bicyclic) bond motifs is 2. The first-order valence-electron chi connectivity index (χ1n) is 9.95. The Balaban J connectivity index is 1.68. The van der Waals surface area contributed by atoms with Crippen molar-refractivity contribution in [2.45, 2.75) is 63.8 Å². The van der Waals surface area contributed by atoms with E-state index in [4.69, 9.17) is 10.1 Å². The predicted octanol–water partition coefficient (Wildman–Crippen LogP) is 2.95. The Hall–Kier alpha value is -2.46. The van der Waals surface area contributed by atoms with E-state index in [2.05, 4.69) is 33.9 Å². The number of nitrogens with one attached hydrogen (secondary N) is 2. The van der Waals surface area contributed by atoms with Crippen LogP contribution in [0.5, 0.6) is 0 Å². The van der Waals surface area contributed by atoms with Gasteiger partial charge in [0.15, 0.2) is 0 Å². The third-order valence-corrected chi connectivity index (χ3v) is 6.83. The summed E-state index contributed by atoms with van der Waals surface area (Å²) >= 11 is 0. The molecule has 9 nitrogen and oxygen atoms in total. The number of urea groups is 1. The zero-order chi connectivity index (χ0) is 20.8. The summed E-state index contributed by atoms with van der Waals surface area (Å²) in [5, 5.41) is 16.2. The summed E-state index contributed by atoms with van der Waals surface area (Å²) < 4.78 is 18.6. The number of carbonyl (C=O) groups excluding carboxylic acids is 1. The molecule has 4 rings (SSSR count). The molecule has 2 aromatic rings. The molecule has 1 unspecified atom stereocenters. The molecule has 29 heavy (non-hydrogen) atoms. The van der Waals surface area contributed by atoms with Crippen LogP contribution in [0.2, 0.25) is 0 Å². The predicted molar refractivity (Wildman–Crippen MR) is 112 cm³/mol. The van der Waals surface area contributed by atoms with Crippen LogP contribution in [0, 0.1) is 6.92 Å². The zero-order valence-corrected chi connectivity index (χ0v) is 17.8. The Morgan fingerprint density at radius 1 is 1.38 bits per heavy atom. The van der Waals surface area contributed by atoms with Crippen molar-refractivity contribution in [1.29, 1.82) is 0 Å². The first kappa shape index (κ1) is 19.8. The summed E-state index contributed by atoms with van der Waals surface area (Å²) in [6.07, 6.45) is 5.11. The maximum absolute atomic E-state index is 13.1. The number of aryl methyl sites for hydroxylation is 2. The van der Waals surface area contributed by atoms with Gasteiger partial charge in [0.1, 0.15) is 20.6 Å². The molecule has 2 aromatic heterocycles. The first-order valence-corrected chi connectivity index (χ1v) is 11.5. The average molecular weight is 418 g/mol. The monoisotopic (exact) mass is 417 g/mol. The van der Waals surface area contributed by atoms with Crippen LogP contribution < -0.4 is 15.8 Å². The van der Waals surface area contributed by atoms with Crippen LogP contribution in [0.3, 0.4) is 0 Å². The number of pyridine rings is 1. The molecule has 0 fully saturated rings. The fraction of sp³-hybridized carbons (Fsp3) is 0.526. The number of nitrogens with two attached hydrogens (primary N) is 1. The Morgan fingerprint density at radius 2 is 2.17 bits per heavy atom. The molecule has 0 aromatic carbocycles. The molecule has 2 aliphatic rings. The third-order valence-electron chi connectivity index (χ3n) is 5.46. The SMILES string of the molecule is Cc1c(C(C)C)nc2c(c1NC(=O)N=S(N)(=O)c1cnn3c1NCCC3)CCC2. The fourth-order valence-electron chi connectivity index (χ4n) is 4.10. The maximum atomic E-state index is 13.1. The van der Waals surface area contributed by atoms with E-state index < -0.39 is 15.9 Å². The van der Waals surface area contributed by atoms with Gasteiger partial charge in [-0.25, -0.2) is 18.8 Å². The van der Waals surface area contributed by atoms with E-state index in [1.54, 1.807) is 4.68 Å². The van der Waals surface area contributed by atoms with Gasteiger partial charge in [-0.1, -0.05) is 13.8 Å². The first-order chi connectivity index (χ1) is 13.8. The van der Waals surface area contributed by atoms with Gasteiger partial charge in [-0.2, -0.15) is 5.10 Å². The van der Waals surface area contributed by atoms with Gasteiger partial charge in [0.25, 0.3) is 0 Å². The highest BCUT2D eigenvalue weighted by Crippen LogP contribution is 2.34. The third kappa shape index (κ3) is 3.62. The highest BCUT2D eigenvalue weighted by molar-refractivity contribution is 7.91. The van der Waals surface area contributed by atoms with Crippen LogP contribution >= 0.6 is 0 Å². The van der Waals surface area contributed by atoms with Crippen LogP contribution in [-0.2, 0) is 29.3 Å². The average Bonchev–Trinajstić information content (AvgIpc) is 3.30. The van der Waals surface area contributed by atoms with Crippen LogP contribution in [-0.4, -0.2) is 31.5 Å². The van der Waals surface area contributed by atoms with E-state index >= 15 is 0 Å². The molecule has 156 valence electrons. The molecule has 0 saturated heterocycles. The molecule has 4 N–H and O–H groups in total. The smallest absolute Gasteiger partial charge is 0.354 e. The minimum atomic E-state index is -3.43. The Bertz CT molecular complexity index is 1100. The molecular weight excluding hydrogens is 390 g/mol. The van der Waals surface area contributed by atoms with E-state index in [1.807, 2.05) is 6.92 Å². The van der Waals surface area contributed by atoms with Gasteiger partial charge in [-0.05, 0) is 49.7 Å². The summed E-state index contributed by atoms with van der Waals surface area (Å²) in [5.41, 5.74) is 4.69. The lowest BCUT2D eigenvalue weighted by Crippen LogP contribution is -2.22. The van der Waals surface area contributed by atoms with Gasteiger partial charge in [-0.15, -0.1) is 4.36 Å². The van der Waals surface area contributed by atoms with Gasteiger partial charge < -0.3 is 10.6 Å². The second-order valence-corrected chi connectivity index (χ2v) is 9.64. The van der Waals surface area contributed by atoms with Crippen molar-refractivity contribution in [3.63, 3.8) is 0 Å². The Kier molecular flexibility index (Phi) is 5.07. The molecule has 1 aliphatic heterocycles. The zero-order valence-electron chi connectivity index (χ0n) is 17.0. The number of carbonyl (C=O) groups is 1. The van der Waals surface area contributed by atoms with Gasteiger partial charge >= 0.3 is 6.03 Å².